The molecule has 0 aromatic heterocycles. The summed E-state index contributed by atoms with van der Waals surface area (Å²) in [5.41, 5.74) is 4.60. The zero-order valence-electron chi connectivity index (χ0n) is 16.5. The lowest BCUT2D eigenvalue weighted by atomic mass is 10.0. The predicted molar refractivity (Wildman–Crippen MR) is 116 cm³/mol. The molecule has 4 rings (SSSR count). The van der Waals surface area contributed by atoms with E-state index in [0.29, 0.717) is 13.2 Å². The number of hydrogen-bond donors (Lipinski definition) is 1. The molecule has 0 amide bonds. The second-order valence-corrected chi connectivity index (χ2v) is 7.27. The highest BCUT2D eigenvalue weighted by Crippen LogP contribution is 2.29. The maximum Gasteiger partial charge on any atom is 0.124 e. The van der Waals surface area contributed by atoms with Crippen LogP contribution in [0, 0.1) is 12.7 Å². The Labute approximate surface area is 171 Å². The summed E-state index contributed by atoms with van der Waals surface area (Å²) in [7, 11) is 0. The lowest BCUT2D eigenvalue weighted by molar-refractivity contribution is 0.302. The van der Waals surface area contributed by atoms with E-state index in [1.807, 2.05) is 12.1 Å². The molecule has 0 aliphatic heterocycles. The maximum absolute atomic E-state index is 13.1. The summed E-state index contributed by atoms with van der Waals surface area (Å²) in [5.74, 6) is 0.616. The highest BCUT2D eigenvalue weighted by Gasteiger charge is 2.09. The van der Waals surface area contributed by atoms with Crippen LogP contribution in [0.15, 0.2) is 84.9 Å². The molecule has 0 bridgehead atoms. The van der Waals surface area contributed by atoms with Gasteiger partial charge in [0.25, 0.3) is 0 Å². The topological polar surface area (TPSA) is 21.3 Å². The smallest absolute Gasteiger partial charge is 0.124 e. The summed E-state index contributed by atoms with van der Waals surface area (Å²) >= 11 is 0. The van der Waals surface area contributed by atoms with E-state index in [4.69, 9.17) is 4.74 Å². The summed E-state index contributed by atoms with van der Waals surface area (Å²) in [6.07, 6.45) is 0. The molecule has 29 heavy (non-hydrogen) atoms. The van der Waals surface area contributed by atoms with Gasteiger partial charge in [-0.15, -0.1) is 0 Å². The highest BCUT2D eigenvalue weighted by atomic mass is 19.1. The molecule has 4 aromatic carbocycles. The highest BCUT2D eigenvalue weighted by molar-refractivity contribution is 5.87. The Morgan fingerprint density at radius 3 is 2.28 bits per heavy atom. The first kappa shape index (κ1) is 19.2. The number of hydrogen-bond acceptors (Lipinski definition) is 2. The van der Waals surface area contributed by atoms with Gasteiger partial charge in [-0.05, 0) is 47.0 Å². The van der Waals surface area contributed by atoms with E-state index in [2.05, 4.69) is 60.8 Å². The van der Waals surface area contributed by atoms with Gasteiger partial charge in [-0.1, -0.05) is 72.3 Å². The van der Waals surface area contributed by atoms with Crippen molar-refractivity contribution < 1.29 is 9.13 Å². The van der Waals surface area contributed by atoms with Gasteiger partial charge >= 0.3 is 0 Å². The fourth-order valence-electron chi connectivity index (χ4n) is 3.41. The molecule has 0 fully saturated rings. The van der Waals surface area contributed by atoms with Gasteiger partial charge in [0.1, 0.15) is 18.2 Å². The van der Waals surface area contributed by atoms with Gasteiger partial charge in [-0.3, -0.25) is 0 Å². The molecule has 0 radical (unpaired) electrons. The predicted octanol–water partition coefficient (Wildman–Crippen LogP) is 6.16. The van der Waals surface area contributed by atoms with Crippen LogP contribution in [0.2, 0.25) is 0 Å². The van der Waals surface area contributed by atoms with Crippen molar-refractivity contribution in [3.05, 3.63) is 113 Å². The molecule has 4 aromatic rings. The molecule has 3 heteroatoms. The van der Waals surface area contributed by atoms with Crippen molar-refractivity contribution in [3.63, 3.8) is 0 Å². The SMILES string of the molecule is Cc1ccc(CNCc2c(OCc3ccc(F)cc3)ccc3ccccc23)cc1. The summed E-state index contributed by atoms with van der Waals surface area (Å²) < 4.78 is 19.3. The molecule has 0 saturated heterocycles. The molecule has 0 unspecified atom stereocenters. The molecule has 0 saturated carbocycles. The van der Waals surface area contributed by atoms with Gasteiger partial charge < -0.3 is 10.1 Å². The molecule has 2 nitrogen and oxygen atoms in total. The Bertz CT molecular complexity index is 1090. The van der Waals surface area contributed by atoms with Crippen LogP contribution >= 0.6 is 0 Å². The minimum absolute atomic E-state index is 0.236. The Hall–Kier alpha value is -3.17. The summed E-state index contributed by atoms with van der Waals surface area (Å²) in [6, 6.07) is 27.4. The van der Waals surface area contributed by atoms with Crippen LogP contribution in [0.1, 0.15) is 22.3 Å². The van der Waals surface area contributed by atoms with Crippen LogP contribution in [-0.2, 0) is 19.7 Å². The molecule has 0 atom stereocenters. The minimum atomic E-state index is -0.236. The van der Waals surface area contributed by atoms with E-state index in [-0.39, 0.29) is 5.82 Å². The Morgan fingerprint density at radius 2 is 1.48 bits per heavy atom. The average Bonchev–Trinajstić information content (AvgIpc) is 2.75. The third kappa shape index (κ3) is 4.82. The molecule has 1 N–H and O–H groups in total. The van der Waals surface area contributed by atoms with E-state index in [1.54, 1.807) is 12.1 Å². The van der Waals surface area contributed by atoms with Crippen LogP contribution in [-0.4, -0.2) is 0 Å². The van der Waals surface area contributed by atoms with Gasteiger partial charge in [0.15, 0.2) is 0 Å². The summed E-state index contributed by atoms with van der Waals surface area (Å²) in [5, 5.41) is 5.92. The van der Waals surface area contributed by atoms with Gasteiger partial charge in [0.05, 0.1) is 0 Å². The number of ether oxygens (including phenoxy) is 1. The van der Waals surface area contributed by atoms with Crippen molar-refractivity contribution in [3.8, 4) is 5.75 Å². The minimum Gasteiger partial charge on any atom is -0.489 e. The van der Waals surface area contributed by atoms with Crippen molar-refractivity contribution in [2.45, 2.75) is 26.6 Å². The number of nitrogens with one attached hydrogen (secondary N) is 1. The van der Waals surface area contributed by atoms with E-state index >= 15 is 0 Å². The van der Waals surface area contributed by atoms with E-state index in [1.165, 1.54) is 34.0 Å². The first-order valence-electron chi connectivity index (χ1n) is 9.83. The molecular formula is C26H24FNO. The van der Waals surface area contributed by atoms with Crippen molar-refractivity contribution in [2.75, 3.05) is 0 Å². The second kappa shape index (κ2) is 8.89. The number of fused-ring (bicyclic) bond motifs is 1. The van der Waals surface area contributed by atoms with Crippen LogP contribution in [0.25, 0.3) is 10.8 Å². The third-order valence-corrected chi connectivity index (χ3v) is 5.06. The third-order valence-electron chi connectivity index (χ3n) is 5.06. The Balaban J connectivity index is 1.53. The van der Waals surface area contributed by atoms with Crippen molar-refractivity contribution in [1.82, 2.24) is 5.32 Å². The molecule has 146 valence electrons. The first-order valence-corrected chi connectivity index (χ1v) is 9.83. The molecule has 0 aliphatic carbocycles. The number of aryl methyl sites for hydroxylation is 1. The largest absolute Gasteiger partial charge is 0.489 e. The van der Waals surface area contributed by atoms with Gasteiger partial charge in [-0.25, -0.2) is 4.39 Å². The van der Waals surface area contributed by atoms with Gasteiger partial charge in [0.2, 0.25) is 0 Å². The van der Waals surface area contributed by atoms with Gasteiger partial charge in [0, 0.05) is 18.7 Å². The Kier molecular flexibility index (Phi) is 5.87. The number of rotatable bonds is 7. The fourth-order valence-corrected chi connectivity index (χ4v) is 3.41. The second-order valence-electron chi connectivity index (χ2n) is 7.27. The van der Waals surface area contributed by atoms with Crippen molar-refractivity contribution >= 4 is 10.8 Å². The quantitative estimate of drug-likeness (QED) is 0.412. The molecule has 0 heterocycles. The lowest BCUT2D eigenvalue weighted by Gasteiger charge is -2.15. The van der Waals surface area contributed by atoms with Crippen molar-refractivity contribution in [1.29, 1.82) is 0 Å². The summed E-state index contributed by atoms with van der Waals surface area (Å²) in [4.78, 5) is 0. The van der Waals surface area contributed by atoms with E-state index in [9.17, 15) is 4.39 Å². The van der Waals surface area contributed by atoms with Crippen LogP contribution in [0.3, 0.4) is 0 Å². The average molecular weight is 385 g/mol. The van der Waals surface area contributed by atoms with E-state index in [0.717, 1.165) is 23.4 Å². The van der Waals surface area contributed by atoms with E-state index < -0.39 is 0 Å². The monoisotopic (exact) mass is 385 g/mol. The lowest BCUT2D eigenvalue weighted by Crippen LogP contribution is -2.14. The number of benzene rings is 4. The van der Waals surface area contributed by atoms with Crippen LogP contribution in [0.4, 0.5) is 4.39 Å². The van der Waals surface area contributed by atoms with Crippen molar-refractivity contribution in [2.24, 2.45) is 0 Å². The first-order chi connectivity index (χ1) is 14.2. The standard InChI is InChI=1S/C26H24FNO/c1-19-6-8-20(9-7-19)16-28-17-25-24-5-3-2-4-22(24)12-15-26(25)29-18-21-10-13-23(27)14-11-21/h2-15,28H,16-18H2,1H3. The van der Waals surface area contributed by atoms with Gasteiger partial charge in [-0.2, -0.15) is 0 Å². The van der Waals surface area contributed by atoms with Crippen LogP contribution in [0.5, 0.6) is 5.75 Å². The molecule has 0 spiro atoms. The normalized spacial score (nSPS) is 11.0. The molecule has 0 aliphatic rings. The molecular weight excluding hydrogens is 361 g/mol. The zero-order chi connectivity index (χ0) is 20.1. The number of halogens is 1. The van der Waals surface area contributed by atoms with Crippen LogP contribution < -0.4 is 10.1 Å². The zero-order valence-corrected chi connectivity index (χ0v) is 16.5. The summed E-state index contributed by atoms with van der Waals surface area (Å²) in [6.45, 7) is 4.00. The maximum atomic E-state index is 13.1. The Morgan fingerprint density at radius 1 is 0.759 bits per heavy atom. The fraction of sp³-hybridized carbons (Fsp3) is 0.154.